The maximum absolute atomic E-state index is 13.3. The maximum Gasteiger partial charge on any atom is 0.126 e. The van der Waals surface area contributed by atoms with Crippen molar-refractivity contribution < 1.29 is 13.2 Å². The van der Waals surface area contributed by atoms with Crippen LogP contribution in [0.15, 0.2) is 42.5 Å². The molecule has 0 fully saturated rings. The molecule has 2 aromatic rings. The molecule has 0 aromatic heterocycles. The van der Waals surface area contributed by atoms with E-state index < -0.39 is 11.6 Å². The molecule has 112 valence electrons. The van der Waals surface area contributed by atoms with Crippen LogP contribution in [0, 0.1) is 17.5 Å². The third kappa shape index (κ3) is 4.60. The van der Waals surface area contributed by atoms with Gasteiger partial charge in [0.2, 0.25) is 0 Å². The molecule has 0 aliphatic heterocycles. The van der Waals surface area contributed by atoms with Gasteiger partial charge in [0.05, 0.1) is 0 Å². The van der Waals surface area contributed by atoms with Crippen LogP contribution in [-0.2, 0) is 6.42 Å². The van der Waals surface area contributed by atoms with Crippen molar-refractivity contribution in [3.63, 3.8) is 0 Å². The van der Waals surface area contributed by atoms with E-state index in [-0.39, 0.29) is 11.9 Å². The lowest BCUT2D eigenvalue weighted by molar-refractivity contribution is 0.521. The Morgan fingerprint density at radius 3 is 2.10 bits per heavy atom. The number of hydrogen-bond donors (Lipinski definition) is 1. The normalized spacial score (nSPS) is 12.4. The van der Waals surface area contributed by atoms with Gasteiger partial charge in [0.15, 0.2) is 0 Å². The lowest BCUT2D eigenvalue weighted by atomic mass is 9.98. The highest BCUT2D eigenvalue weighted by molar-refractivity contribution is 5.25. The molecule has 0 heterocycles. The summed E-state index contributed by atoms with van der Waals surface area (Å²) in [5.41, 5.74) is 1.47. The predicted molar refractivity (Wildman–Crippen MR) is 77.5 cm³/mol. The van der Waals surface area contributed by atoms with Crippen molar-refractivity contribution in [3.05, 3.63) is 71.0 Å². The van der Waals surface area contributed by atoms with Crippen LogP contribution in [0.3, 0.4) is 0 Å². The molecule has 0 bridgehead atoms. The molecule has 1 unspecified atom stereocenters. The van der Waals surface area contributed by atoms with E-state index in [1.165, 1.54) is 24.3 Å². The van der Waals surface area contributed by atoms with Gasteiger partial charge in [-0.2, -0.15) is 0 Å². The molecular weight excluding hydrogens is 275 g/mol. The van der Waals surface area contributed by atoms with Crippen LogP contribution in [-0.4, -0.2) is 6.54 Å². The van der Waals surface area contributed by atoms with Crippen LogP contribution in [0.5, 0.6) is 0 Å². The molecule has 4 heteroatoms. The van der Waals surface area contributed by atoms with Crippen molar-refractivity contribution in [2.45, 2.75) is 25.8 Å². The van der Waals surface area contributed by atoms with Gasteiger partial charge in [-0.1, -0.05) is 19.1 Å². The van der Waals surface area contributed by atoms with Crippen LogP contribution in [0.4, 0.5) is 13.2 Å². The van der Waals surface area contributed by atoms with Gasteiger partial charge in [-0.15, -0.1) is 0 Å². The fraction of sp³-hybridized carbons (Fsp3) is 0.294. The smallest absolute Gasteiger partial charge is 0.126 e. The first kappa shape index (κ1) is 15.6. The first-order valence-corrected chi connectivity index (χ1v) is 7.02. The van der Waals surface area contributed by atoms with Gasteiger partial charge in [0.25, 0.3) is 0 Å². The van der Waals surface area contributed by atoms with Gasteiger partial charge in [0, 0.05) is 12.1 Å². The SMILES string of the molecule is CCCNC(Cc1cc(F)cc(F)c1)c1ccc(F)cc1. The summed E-state index contributed by atoms with van der Waals surface area (Å²) in [6.07, 6.45) is 1.38. The molecule has 0 aliphatic rings. The Hall–Kier alpha value is -1.81. The standard InChI is InChI=1S/C17H18F3N/c1-2-7-21-17(13-3-5-14(18)6-4-13)10-12-8-15(19)11-16(20)9-12/h3-6,8-9,11,17,21H,2,7,10H2,1H3. The van der Waals surface area contributed by atoms with E-state index in [2.05, 4.69) is 5.32 Å². The third-order valence-corrected chi connectivity index (χ3v) is 3.28. The van der Waals surface area contributed by atoms with Crippen molar-refractivity contribution in [1.29, 1.82) is 0 Å². The molecule has 1 nitrogen and oxygen atoms in total. The van der Waals surface area contributed by atoms with Crippen LogP contribution >= 0.6 is 0 Å². The molecule has 0 radical (unpaired) electrons. The number of nitrogens with one attached hydrogen (secondary N) is 1. The molecule has 2 rings (SSSR count). The van der Waals surface area contributed by atoms with Gasteiger partial charge >= 0.3 is 0 Å². The van der Waals surface area contributed by atoms with E-state index in [0.29, 0.717) is 12.0 Å². The number of benzene rings is 2. The van der Waals surface area contributed by atoms with Crippen molar-refractivity contribution in [2.24, 2.45) is 0 Å². The van der Waals surface area contributed by atoms with E-state index in [1.54, 1.807) is 12.1 Å². The van der Waals surface area contributed by atoms with Gasteiger partial charge in [-0.25, -0.2) is 13.2 Å². The predicted octanol–water partition coefficient (Wildman–Crippen LogP) is 4.39. The monoisotopic (exact) mass is 293 g/mol. The fourth-order valence-corrected chi connectivity index (χ4v) is 2.29. The van der Waals surface area contributed by atoms with Crippen molar-refractivity contribution in [3.8, 4) is 0 Å². The summed E-state index contributed by atoms with van der Waals surface area (Å²) in [5, 5.41) is 3.33. The van der Waals surface area contributed by atoms with Gasteiger partial charge in [0.1, 0.15) is 17.5 Å². The highest BCUT2D eigenvalue weighted by Crippen LogP contribution is 2.20. The molecule has 1 atom stereocenters. The minimum atomic E-state index is -0.585. The molecule has 0 aliphatic carbocycles. The first-order chi connectivity index (χ1) is 10.1. The molecule has 0 saturated carbocycles. The third-order valence-electron chi connectivity index (χ3n) is 3.28. The van der Waals surface area contributed by atoms with Crippen LogP contribution < -0.4 is 5.32 Å². The summed E-state index contributed by atoms with van der Waals surface area (Å²) in [5.74, 6) is -1.47. The molecule has 21 heavy (non-hydrogen) atoms. The molecule has 0 spiro atoms. The second-order valence-corrected chi connectivity index (χ2v) is 5.04. The second-order valence-electron chi connectivity index (χ2n) is 5.04. The minimum Gasteiger partial charge on any atom is -0.310 e. The van der Waals surface area contributed by atoms with E-state index in [1.807, 2.05) is 6.92 Å². The van der Waals surface area contributed by atoms with Crippen molar-refractivity contribution in [2.75, 3.05) is 6.54 Å². The Morgan fingerprint density at radius 2 is 1.52 bits per heavy atom. The summed E-state index contributed by atoms with van der Waals surface area (Å²) >= 11 is 0. The average Bonchev–Trinajstić information content (AvgIpc) is 2.43. The highest BCUT2D eigenvalue weighted by atomic mass is 19.1. The van der Waals surface area contributed by atoms with Crippen molar-refractivity contribution in [1.82, 2.24) is 5.32 Å². The Kier molecular flexibility index (Phi) is 5.39. The molecule has 2 aromatic carbocycles. The van der Waals surface area contributed by atoms with Crippen molar-refractivity contribution >= 4 is 0 Å². The average molecular weight is 293 g/mol. The zero-order chi connectivity index (χ0) is 15.2. The van der Waals surface area contributed by atoms with Gasteiger partial charge < -0.3 is 5.32 Å². The van der Waals surface area contributed by atoms with E-state index >= 15 is 0 Å². The maximum atomic E-state index is 13.3. The largest absolute Gasteiger partial charge is 0.310 e. The zero-order valence-electron chi connectivity index (χ0n) is 11.9. The van der Waals surface area contributed by atoms with E-state index in [4.69, 9.17) is 0 Å². The molecule has 1 N–H and O–H groups in total. The summed E-state index contributed by atoms with van der Waals surface area (Å²) in [7, 11) is 0. The van der Waals surface area contributed by atoms with Gasteiger partial charge in [-0.3, -0.25) is 0 Å². The minimum absolute atomic E-state index is 0.105. The van der Waals surface area contributed by atoms with E-state index in [0.717, 1.165) is 24.6 Å². The van der Waals surface area contributed by atoms with Crippen LogP contribution in [0.2, 0.25) is 0 Å². The summed E-state index contributed by atoms with van der Waals surface area (Å²) in [4.78, 5) is 0. The number of halogens is 3. The second kappa shape index (κ2) is 7.27. The Bertz CT molecular complexity index is 561. The summed E-state index contributed by atoms with van der Waals surface area (Å²) in [6, 6.07) is 9.57. The quantitative estimate of drug-likeness (QED) is 0.833. The summed E-state index contributed by atoms with van der Waals surface area (Å²) < 4.78 is 39.6. The summed E-state index contributed by atoms with van der Waals surface area (Å²) in [6.45, 7) is 2.82. The zero-order valence-corrected chi connectivity index (χ0v) is 11.9. The van der Waals surface area contributed by atoms with E-state index in [9.17, 15) is 13.2 Å². The van der Waals surface area contributed by atoms with Crippen LogP contribution in [0.1, 0.15) is 30.5 Å². The Labute approximate surface area is 122 Å². The number of hydrogen-bond acceptors (Lipinski definition) is 1. The van der Waals surface area contributed by atoms with Crippen LogP contribution in [0.25, 0.3) is 0 Å². The molecule has 0 saturated heterocycles. The number of rotatable bonds is 6. The lowest BCUT2D eigenvalue weighted by Gasteiger charge is -2.19. The fourth-order valence-electron chi connectivity index (χ4n) is 2.29. The molecule has 0 amide bonds. The lowest BCUT2D eigenvalue weighted by Crippen LogP contribution is -2.24. The first-order valence-electron chi connectivity index (χ1n) is 7.02. The Balaban J connectivity index is 2.21. The Morgan fingerprint density at radius 1 is 0.905 bits per heavy atom. The highest BCUT2D eigenvalue weighted by Gasteiger charge is 2.13. The molecular formula is C17H18F3N. The topological polar surface area (TPSA) is 12.0 Å². The van der Waals surface area contributed by atoms with Gasteiger partial charge in [-0.05, 0) is 54.8 Å².